The van der Waals surface area contributed by atoms with Crippen LogP contribution in [-0.4, -0.2) is 18.6 Å². The normalized spacial score (nSPS) is 24.2. The van der Waals surface area contributed by atoms with Crippen molar-refractivity contribution < 1.29 is 14.3 Å². The Kier molecular flexibility index (Phi) is 3.10. The van der Waals surface area contributed by atoms with E-state index in [0.717, 1.165) is 11.3 Å². The lowest BCUT2D eigenvalue weighted by Crippen LogP contribution is -2.24. The number of hydrogen-bond acceptors (Lipinski definition) is 4. The number of rotatable bonds is 3. The zero-order valence-corrected chi connectivity index (χ0v) is 9.18. The van der Waals surface area contributed by atoms with E-state index < -0.39 is 6.04 Å². The first-order valence-corrected chi connectivity index (χ1v) is 5.39. The van der Waals surface area contributed by atoms with Crippen LogP contribution in [0.25, 0.3) is 0 Å². The third-order valence-corrected chi connectivity index (χ3v) is 2.59. The highest BCUT2D eigenvalue weighted by Crippen LogP contribution is 2.29. The molecule has 1 saturated heterocycles. The predicted octanol–water partition coefficient (Wildman–Crippen LogP) is 1.40. The molecule has 0 radical (unpaired) electrons. The molecule has 0 saturated carbocycles. The maximum absolute atomic E-state index is 11.2. The number of ether oxygens (including phenoxy) is 2. The summed E-state index contributed by atoms with van der Waals surface area (Å²) in [6.07, 6.45) is 0.338. The SMILES string of the molecule is CCOc1ccc(C2CC(N)C(=O)O2)cc1. The fraction of sp³-hybridized carbons (Fsp3) is 0.417. The number of nitrogens with two attached hydrogens (primary N) is 1. The molecule has 0 aromatic heterocycles. The first kappa shape index (κ1) is 11.0. The van der Waals surface area contributed by atoms with Crippen LogP contribution in [0.5, 0.6) is 5.75 Å². The summed E-state index contributed by atoms with van der Waals surface area (Å²) in [4.78, 5) is 11.2. The highest BCUT2D eigenvalue weighted by Gasteiger charge is 2.32. The maximum atomic E-state index is 11.2. The van der Waals surface area contributed by atoms with Crippen LogP contribution in [0.4, 0.5) is 0 Å². The van der Waals surface area contributed by atoms with Gasteiger partial charge < -0.3 is 15.2 Å². The summed E-state index contributed by atoms with van der Waals surface area (Å²) in [6.45, 7) is 2.58. The Balaban J connectivity index is 2.08. The Hall–Kier alpha value is -1.55. The van der Waals surface area contributed by atoms with Gasteiger partial charge in [-0.1, -0.05) is 12.1 Å². The molecule has 1 aromatic rings. The van der Waals surface area contributed by atoms with Crippen molar-refractivity contribution in [3.8, 4) is 5.75 Å². The average Bonchev–Trinajstić information content (AvgIpc) is 2.61. The first-order chi connectivity index (χ1) is 7.70. The average molecular weight is 221 g/mol. The standard InChI is InChI=1S/C12H15NO3/c1-2-15-9-5-3-8(4-6-9)11-7-10(13)12(14)16-11/h3-6,10-11H,2,7,13H2,1H3. The van der Waals surface area contributed by atoms with E-state index in [1.165, 1.54) is 0 Å². The molecule has 1 fully saturated rings. The molecule has 2 unspecified atom stereocenters. The van der Waals surface area contributed by atoms with Gasteiger partial charge in [-0.15, -0.1) is 0 Å². The zero-order chi connectivity index (χ0) is 11.5. The number of esters is 1. The third-order valence-electron chi connectivity index (χ3n) is 2.59. The number of carbonyl (C=O) groups is 1. The van der Waals surface area contributed by atoms with Crippen LogP contribution < -0.4 is 10.5 Å². The molecular formula is C12H15NO3. The molecular weight excluding hydrogens is 206 g/mol. The van der Waals surface area contributed by atoms with Crippen molar-refractivity contribution in [1.29, 1.82) is 0 Å². The predicted molar refractivity (Wildman–Crippen MR) is 59.0 cm³/mol. The summed E-state index contributed by atoms with van der Waals surface area (Å²) in [6, 6.07) is 7.06. The minimum Gasteiger partial charge on any atom is -0.494 e. The van der Waals surface area contributed by atoms with E-state index in [4.69, 9.17) is 15.2 Å². The first-order valence-electron chi connectivity index (χ1n) is 5.39. The molecule has 16 heavy (non-hydrogen) atoms. The highest BCUT2D eigenvalue weighted by molar-refractivity contribution is 5.77. The van der Waals surface area contributed by atoms with Crippen LogP contribution in [0.2, 0.25) is 0 Å². The summed E-state index contributed by atoms with van der Waals surface area (Å²) < 4.78 is 10.5. The maximum Gasteiger partial charge on any atom is 0.323 e. The molecule has 2 rings (SSSR count). The fourth-order valence-electron chi connectivity index (χ4n) is 1.75. The zero-order valence-electron chi connectivity index (χ0n) is 9.18. The second-order valence-electron chi connectivity index (χ2n) is 3.77. The minimum atomic E-state index is -0.489. The lowest BCUT2D eigenvalue weighted by molar-refractivity contribution is -0.142. The van der Waals surface area contributed by atoms with Gasteiger partial charge in [-0.05, 0) is 24.6 Å². The largest absolute Gasteiger partial charge is 0.494 e. The van der Waals surface area contributed by atoms with Gasteiger partial charge >= 0.3 is 5.97 Å². The van der Waals surface area contributed by atoms with Crippen LogP contribution in [0, 0.1) is 0 Å². The van der Waals surface area contributed by atoms with Gasteiger partial charge in [0.25, 0.3) is 0 Å². The highest BCUT2D eigenvalue weighted by atomic mass is 16.6. The molecule has 1 aromatic carbocycles. The molecule has 1 heterocycles. The Morgan fingerprint density at radius 1 is 1.44 bits per heavy atom. The van der Waals surface area contributed by atoms with E-state index in [0.29, 0.717) is 13.0 Å². The number of cyclic esters (lactones) is 1. The molecule has 2 N–H and O–H groups in total. The fourth-order valence-corrected chi connectivity index (χ4v) is 1.75. The van der Waals surface area contributed by atoms with E-state index in [2.05, 4.69) is 0 Å². The number of hydrogen-bond donors (Lipinski definition) is 1. The Morgan fingerprint density at radius 3 is 2.62 bits per heavy atom. The number of benzene rings is 1. The molecule has 0 amide bonds. The molecule has 86 valence electrons. The third kappa shape index (κ3) is 2.17. The van der Waals surface area contributed by atoms with E-state index in [1.54, 1.807) is 0 Å². The minimum absolute atomic E-state index is 0.210. The van der Waals surface area contributed by atoms with Crippen LogP contribution >= 0.6 is 0 Å². The monoisotopic (exact) mass is 221 g/mol. The van der Waals surface area contributed by atoms with E-state index in [1.807, 2.05) is 31.2 Å². The van der Waals surface area contributed by atoms with Crippen molar-refractivity contribution >= 4 is 5.97 Å². The van der Waals surface area contributed by atoms with Crippen LogP contribution in [-0.2, 0) is 9.53 Å². The van der Waals surface area contributed by atoms with Crippen molar-refractivity contribution in [1.82, 2.24) is 0 Å². The van der Waals surface area contributed by atoms with Crippen LogP contribution in [0.15, 0.2) is 24.3 Å². The second-order valence-corrected chi connectivity index (χ2v) is 3.77. The van der Waals surface area contributed by atoms with Crippen molar-refractivity contribution in [3.63, 3.8) is 0 Å². The lowest BCUT2D eigenvalue weighted by Gasteiger charge is -2.10. The van der Waals surface area contributed by atoms with Gasteiger partial charge in [0, 0.05) is 6.42 Å². The summed E-state index contributed by atoms with van der Waals surface area (Å²) in [5.41, 5.74) is 6.55. The molecule has 0 spiro atoms. The van der Waals surface area contributed by atoms with Crippen molar-refractivity contribution in [3.05, 3.63) is 29.8 Å². The molecule has 4 nitrogen and oxygen atoms in total. The van der Waals surface area contributed by atoms with Gasteiger partial charge in [0.15, 0.2) is 0 Å². The molecule has 2 atom stereocenters. The lowest BCUT2D eigenvalue weighted by atomic mass is 10.1. The van der Waals surface area contributed by atoms with Gasteiger partial charge in [-0.3, -0.25) is 4.79 Å². The Labute approximate surface area is 94.3 Å². The molecule has 1 aliphatic heterocycles. The summed E-state index contributed by atoms with van der Waals surface area (Å²) in [5, 5.41) is 0. The van der Waals surface area contributed by atoms with Gasteiger partial charge in [0.1, 0.15) is 17.9 Å². The van der Waals surface area contributed by atoms with Crippen molar-refractivity contribution in [2.45, 2.75) is 25.5 Å². The molecule has 4 heteroatoms. The van der Waals surface area contributed by atoms with E-state index in [-0.39, 0.29) is 12.1 Å². The van der Waals surface area contributed by atoms with Crippen LogP contribution in [0.1, 0.15) is 25.0 Å². The quantitative estimate of drug-likeness (QED) is 0.784. The Morgan fingerprint density at radius 2 is 2.12 bits per heavy atom. The van der Waals surface area contributed by atoms with Gasteiger partial charge in [0.05, 0.1) is 6.61 Å². The smallest absolute Gasteiger partial charge is 0.323 e. The summed E-state index contributed by atoms with van der Waals surface area (Å²) in [7, 11) is 0. The van der Waals surface area contributed by atoms with Gasteiger partial charge in [0.2, 0.25) is 0 Å². The molecule has 0 bridgehead atoms. The number of carbonyl (C=O) groups excluding carboxylic acids is 1. The van der Waals surface area contributed by atoms with E-state index in [9.17, 15) is 4.79 Å². The second kappa shape index (κ2) is 4.53. The van der Waals surface area contributed by atoms with Crippen LogP contribution in [0.3, 0.4) is 0 Å². The van der Waals surface area contributed by atoms with Gasteiger partial charge in [-0.25, -0.2) is 0 Å². The van der Waals surface area contributed by atoms with Gasteiger partial charge in [-0.2, -0.15) is 0 Å². The topological polar surface area (TPSA) is 61.5 Å². The van der Waals surface area contributed by atoms with Crippen molar-refractivity contribution in [2.75, 3.05) is 6.61 Å². The summed E-state index contributed by atoms with van der Waals surface area (Å²) >= 11 is 0. The Bertz CT molecular complexity index is 374. The molecule has 1 aliphatic rings. The summed E-state index contributed by atoms with van der Waals surface area (Å²) in [5.74, 6) is 0.499. The van der Waals surface area contributed by atoms with Crippen molar-refractivity contribution in [2.24, 2.45) is 5.73 Å². The van der Waals surface area contributed by atoms with E-state index >= 15 is 0 Å². The molecule has 0 aliphatic carbocycles.